The van der Waals surface area contributed by atoms with Gasteiger partial charge in [0.2, 0.25) is 0 Å². The number of aryl methyl sites for hydroxylation is 1. The van der Waals surface area contributed by atoms with E-state index in [2.05, 4.69) is 17.2 Å². The van der Waals surface area contributed by atoms with Crippen molar-refractivity contribution in [3.05, 3.63) is 33.6 Å². The van der Waals surface area contributed by atoms with E-state index in [4.69, 9.17) is 11.6 Å². The summed E-state index contributed by atoms with van der Waals surface area (Å²) in [6.45, 7) is 2.67. The minimum atomic E-state index is -0.124. The van der Waals surface area contributed by atoms with E-state index in [1.54, 1.807) is 18.2 Å². The monoisotopic (exact) mass is 237 g/mol. The SMILES string of the molecule is CCCCn1nnc2ccc(Cl)cc2c1=O. The number of unbranched alkanes of at least 4 members (excludes halogenated alkanes) is 1. The predicted octanol–water partition coefficient (Wildman–Crippen LogP) is 2.25. The second-order valence-corrected chi connectivity index (χ2v) is 4.07. The van der Waals surface area contributed by atoms with Crippen LogP contribution in [0.15, 0.2) is 23.0 Å². The average Bonchev–Trinajstić information content (AvgIpc) is 2.29. The third-order valence-corrected chi connectivity index (χ3v) is 2.64. The highest BCUT2D eigenvalue weighted by Gasteiger charge is 2.05. The molecule has 16 heavy (non-hydrogen) atoms. The van der Waals surface area contributed by atoms with Crippen LogP contribution in [0.2, 0.25) is 5.02 Å². The molecule has 0 spiro atoms. The van der Waals surface area contributed by atoms with Gasteiger partial charge in [0.25, 0.3) is 5.56 Å². The molecule has 2 aromatic rings. The van der Waals surface area contributed by atoms with Gasteiger partial charge in [0, 0.05) is 11.6 Å². The van der Waals surface area contributed by atoms with Crippen LogP contribution in [0.5, 0.6) is 0 Å². The van der Waals surface area contributed by atoms with Gasteiger partial charge in [-0.05, 0) is 24.6 Å². The van der Waals surface area contributed by atoms with Crippen LogP contribution < -0.4 is 5.56 Å². The second kappa shape index (κ2) is 4.61. The zero-order chi connectivity index (χ0) is 11.5. The molecule has 0 unspecified atom stereocenters. The highest BCUT2D eigenvalue weighted by atomic mass is 35.5. The van der Waals surface area contributed by atoms with Gasteiger partial charge in [-0.25, -0.2) is 4.68 Å². The average molecular weight is 238 g/mol. The summed E-state index contributed by atoms with van der Waals surface area (Å²) in [5, 5.41) is 8.94. The standard InChI is InChI=1S/C11H12ClN3O/c1-2-3-6-15-11(16)9-7-8(12)4-5-10(9)13-14-15/h4-5,7H,2-3,6H2,1H3. The van der Waals surface area contributed by atoms with Crippen molar-refractivity contribution in [3.8, 4) is 0 Å². The van der Waals surface area contributed by atoms with Crippen molar-refractivity contribution in [1.82, 2.24) is 15.0 Å². The van der Waals surface area contributed by atoms with Crippen LogP contribution in [0.25, 0.3) is 10.9 Å². The van der Waals surface area contributed by atoms with Crippen molar-refractivity contribution in [2.75, 3.05) is 0 Å². The van der Waals surface area contributed by atoms with E-state index < -0.39 is 0 Å². The minimum absolute atomic E-state index is 0.124. The van der Waals surface area contributed by atoms with E-state index in [0.717, 1.165) is 12.8 Å². The Hall–Kier alpha value is -1.42. The largest absolute Gasteiger partial charge is 0.277 e. The topological polar surface area (TPSA) is 47.8 Å². The highest BCUT2D eigenvalue weighted by molar-refractivity contribution is 6.31. The Kier molecular flexibility index (Phi) is 3.19. The van der Waals surface area contributed by atoms with E-state index in [1.165, 1.54) is 4.68 Å². The number of hydrogen-bond donors (Lipinski definition) is 0. The van der Waals surface area contributed by atoms with Crippen molar-refractivity contribution < 1.29 is 0 Å². The van der Waals surface area contributed by atoms with E-state index in [0.29, 0.717) is 22.5 Å². The van der Waals surface area contributed by atoms with Crippen molar-refractivity contribution >= 4 is 22.5 Å². The Labute approximate surface area is 97.8 Å². The van der Waals surface area contributed by atoms with E-state index in [1.807, 2.05) is 0 Å². The molecule has 1 aromatic carbocycles. The van der Waals surface area contributed by atoms with Crippen LogP contribution in [0, 0.1) is 0 Å². The molecule has 0 saturated carbocycles. The first-order valence-corrected chi connectivity index (χ1v) is 5.63. The molecular weight excluding hydrogens is 226 g/mol. The van der Waals surface area contributed by atoms with Crippen LogP contribution in [0.1, 0.15) is 19.8 Å². The van der Waals surface area contributed by atoms with Crippen molar-refractivity contribution in [3.63, 3.8) is 0 Å². The molecule has 0 saturated heterocycles. The summed E-state index contributed by atoms with van der Waals surface area (Å²) >= 11 is 5.85. The molecule has 0 amide bonds. The van der Waals surface area contributed by atoms with Crippen LogP contribution in [0.3, 0.4) is 0 Å². The summed E-state index contributed by atoms with van der Waals surface area (Å²) in [7, 11) is 0. The lowest BCUT2D eigenvalue weighted by molar-refractivity contribution is 0.520. The summed E-state index contributed by atoms with van der Waals surface area (Å²) in [6.07, 6.45) is 1.93. The van der Waals surface area contributed by atoms with Gasteiger partial charge in [0.15, 0.2) is 0 Å². The van der Waals surface area contributed by atoms with E-state index >= 15 is 0 Å². The smallest absolute Gasteiger partial charge is 0.267 e. The number of fused-ring (bicyclic) bond motifs is 1. The zero-order valence-electron chi connectivity index (χ0n) is 8.98. The number of rotatable bonds is 3. The fraction of sp³-hybridized carbons (Fsp3) is 0.364. The van der Waals surface area contributed by atoms with Gasteiger partial charge in [-0.2, -0.15) is 0 Å². The van der Waals surface area contributed by atoms with E-state index in [9.17, 15) is 4.79 Å². The minimum Gasteiger partial charge on any atom is -0.267 e. The molecule has 0 aliphatic carbocycles. The maximum atomic E-state index is 12.0. The van der Waals surface area contributed by atoms with Crippen LogP contribution in [0.4, 0.5) is 0 Å². The summed E-state index contributed by atoms with van der Waals surface area (Å²) in [6, 6.07) is 5.04. The second-order valence-electron chi connectivity index (χ2n) is 3.63. The Morgan fingerprint density at radius 3 is 3.00 bits per heavy atom. The highest BCUT2D eigenvalue weighted by Crippen LogP contribution is 2.13. The summed E-state index contributed by atoms with van der Waals surface area (Å²) in [5.41, 5.74) is 0.461. The molecule has 0 radical (unpaired) electrons. The van der Waals surface area contributed by atoms with Crippen molar-refractivity contribution in [2.24, 2.45) is 0 Å². The molecule has 5 heteroatoms. The first-order valence-electron chi connectivity index (χ1n) is 5.25. The summed E-state index contributed by atoms with van der Waals surface area (Å²) in [5.74, 6) is 0. The third-order valence-electron chi connectivity index (χ3n) is 2.41. The van der Waals surface area contributed by atoms with Crippen molar-refractivity contribution in [2.45, 2.75) is 26.3 Å². The zero-order valence-corrected chi connectivity index (χ0v) is 9.74. The molecular formula is C11H12ClN3O. The quantitative estimate of drug-likeness (QED) is 0.823. The number of halogens is 1. The number of nitrogens with zero attached hydrogens (tertiary/aromatic N) is 3. The van der Waals surface area contributed by atoms with Gasteiger partial charge in [-0.1, -0.05) is 30.2 Å². The van der Waals surface area contributed by atoms with Gasteiger partial charge in [0.05, 0.1) is 5.39 Å². The molecule has 0 aliphatic rings. The molecule has 0 N–H and O–H groups in total. The fourth-order valence-corrected chi connectivity index (χ4v) is 1.67. The van der Waals surface area contributed by atoms with Gasteiger partial charge >= 0.3 is 0 Å². The van der Waals surface area contributed by atoms with Gasteiger partial charge < -0.3 is 0 Å². The third kappa shape index (κ3) is 2.07. The van der Waals surface area contributed by atoms with Gasteiger partial charge in [-0.15, -0.1) is 5.10 Å². The summed E-state index contributed by atoms with van der Waals surface area (Å²) in [4.78, 5) is 12.0. The number of hydrogen-bond acceptors (Lipinski definition) is 3. The number of aromatic nitrogens is 3. The molecule has 1 aromatic heterocycles. The molecule has 2 rings (SSSR count). The Balaban J connectivity index is 2.55. The molecule has 0 fully saturated rings. The molecule has 0 aliphatic heterocycles. The Morgan fingerprint density at radius 1 is 1.44 bits per heavy atom. The lowest BCUT2D eigenvalue weighted by Crippen LogP contribution is -2.24. The fourth-order valence-electron chi connectivity index (χ4n) is 1.50. The van der Waals surface area contributed by atoms with Crippen molar-refractivity contribution in [1.29, 1.82) is 0 Å². The summed E-state index contributed by atoms with van der Waals surface area (Å²) < 4.78 is 1.39. The van der Waals surface area contributed by atoms with E-state index in [-0.39, 0.29) is 5.56 Å². The maximum absolute atomic E-state index is 12.0. The van der Waals surface area contributed by atoms with Crippen LogP contribution >= 0.6 is 11.6 Å². The molecule has 0 atom stereocenters. The normalized spacial score (nSPS) is 10.9. The molecule has 1 heterocycles. The van der Waals surface area contributed by atoms with Crippen LogP contribution in [-0.4, -0.2) is 15.0 Å². The predicted molar refractivity (Wildman–Crippen MR) is 63.7 cm³/mol. The van der Waals surface area contributed by atoms with Crippen LogP contribution in [-0.2, 0) is 6.54 Å². The van der Waals surface area contributed by atoms with Gasteiger partial charge in [-0.3, -0.25) is 4.79 Å². The molecule has 4 nitrogen and oxygen atoms in total. The molecule has 84 valence electrons. The molecule has 0 bridgehead atoms. The maximum Gasteiger partial charge on any atom is 0.277 e. The first kappa shape index (κ1) is 11.1. The Bertz CT molecular complexity index is 565. The Morgan fingerprint density at radius 2 is 2.25 bits per heavy atom. The first-order chi connectivity index (χ1) is 7.72. The lowest BCUT2D eigenvalue weighted by atomic mass is 10.2. The van der Waals surface area contributed by atoms with Gasteiger partial charge in [0.1, 0.15) is 5.52 Å². The lowest BCUT2D eigenvalue weighted by Gasteiger charge is -2.03. The number of benzene rings is 1.